The third kappa shape index (κ3) is 4.39. The summed E-state index contributed by atoms with van der Waals surface area (Å²) < 4.78 is 2.00. The molecule has 6 heteroatoms. The molecule has 0 aliphatic rings. The van der Waals surface area contributed by atoms with E-state index in [0.717, 1.165) is 36.4 Å². The van der Waals surface area contributed by atoms with Crippen LogP contribution < -0.4 is 11.1 Å². The smallest absolute Gasteiger partial charge is 0.193 e. The number of hydrogen-bond donors (Lipinski definition) is 2. The summed E-state index contributed by atoms with van der Waals surface area (Å²) in [4.78, 5) is 4.40. The van der Waals surface area contributed by atoms with Crippen LogP contribution in [0.2, 0.25) is 0 Å². The molecule has 0 saturated heterocycles. The van der Waals surface area contributed by atoms with Crippen molar-refractivity contribution in [3.8, 4) is 0 Å². The average molecular weight is 350 g/mol. The van der Waals surface area contributed by atoms with Crippen LogP contribution in [0.15, 0.2) is 53.7 Å². The van der Waals surface area contributed by atoms with E-state index in [1.54, 1.807) is 0 Å². The maximum atomic E-state index is 5.99. The maximum Gasteiger partial charge on any atom is 0.193 e. The lowest BCUT2D eigenvalue weighted by atomic mass is 9.99. The first-order valence-electron chi connectivity index (χ1n) is 9.13. The molecule has 0 aliphatic carbocycles. The second kappa shape index (κ2) is 8.47. The van der Waals surface area contributed by atoms with E-state index < -0.39 is 0 Å². The number of aryl methyl sites for hydroxylation is 1. The van der Waals surface area contributed by atoms with Crippen LogP contribution in [0.4, 0.5) is 5.69 Å². The van der Waals surface area contributed by atoms with Gasteiger partial charge < -0.3 is 11.1 Å². The Bertz CT molecular complexity index is 865. The minimum absolute atomic E-state index is 0.437. The van der Waals surface area contributed by atoms with Gasteiger partial charge in [-0.3, -0.25) is 9.39 Å². The molecule has 0 radical (unpaired) electrons. The topological polar surface area (TPSA) is 80.6 Å². The van der Waals surface area contributed by atoms with Gasteiger partial charge in [0.15, 0.2) is 11.6 Å². The van der Waals surface area contributed by atoms with Gasteiger partial charge >= 0.3 is 0 Å². The Morgan fingerprint density at radius 3 is 2.77 bits per heavy atom. The van der Waals surface area contributed by atoms with Gasteiger partial charge in [0.05, 0.1) is 0 Å². The summed E-state index contributed by atoms with van der Waals surface area (Å²) in [6.45, 7) is 5.08. The SMILES string of the molecule is CCC(C)c1ccc(NC(N)=NCCCc2nnc3ccccn23)cc1. The zero-order chi connectivity index (χ0) is 18.4. The van der Waals surface area contributed by atoms with Crippen molar-refractivity contribution < 1.29 is 0 Å². The minimum Gasteiger partial charge on any atom is -0.370 e. The predicted molar refractivity (Wildman–Crippen MR) is 107 cm³/mol. The van der Waals surface area contributed by atoms with E-state index in [0.29, 0.717) is 18.4 Å². The molecule has 26 heavy (non-hydrogen) atoms. The Hall–Kier alpha value is -2.89. The zero-order valence-corrected chi connectivity index (χ0v) is 15.4. The molecule has 0 amide bonds. The highest BCUT2D eigenvalue weighted by Crippen LogP contribution is 2.20. The lowest BCUT2D eigenvalue weighted by Gasteiger charge is -2.10. The number of guanidine groups is 1. The van der Waals surface area contributed by atoms with Gasteiger partial charge in [-0.25, -0.2) is 0 Å². The highest BCUT2D eigenvalue weighted by Gasteiger charge is 2.04. The molecule has 3 N–H and O–H groups in total. The summed E-state index contributed by atoms with van der Waals surface area (Å²) in [7, 11) is 0. The Morgan fingerprint density at radius 2 is 2.00 bits per heavy atom. The Kier molecular flexibility index (Phi) is 5.84. The monoisotopic (exact) mass is 350 g/mol. The van der Waals surface area contributed by atoms with Crippen LogP contribution in [-0.4, -0.2) is 27.1 Å². The Balaban J connectivity index is 1.49. The lowest BCUT2D eigenvalue weighted by molar-refractivity contribution is 0.734. The number of pyridine rings is 1. The van der Waals surface area contributed by atoms with E-state index in [1.807, 2.05) is 40.9 Å². The molecule has 6 nitrogen and oxygen atoms in total. The van der Waals surface area contributed by atoms with Crippen molar-refractivity contribution in [2.45, 2.75) is 39.0 Å². The molecule has 136 valence electrons. The van der Waals surface area contributed by atoms with Gasteiger partial charge in [0.2, 0.25) is 0 Å². The van der Waals surface area contributed by atoms with Crippen molar-refractivity contribution in [2.24, 2.45) is 10.7 Å². The number of aromatic nitrogens is 3. The molecule has 0 spiro atoms. The minimum atomic E-state index is 0.437. The van der Waals surface area contributed by atoms with Crippen LogP contribution in [0.1, 0.15) is 44.0 Å². The number of rotatable bonds is 7. The van der Waals surface area contributed by atoms with Crippen molar-refractivity contribution in [3.05, 3.63) is 60.0 Å². The summed E-state index contributed by atoms with van der Waals surface area (Å²) in [5.74, 6) is 1.96. The van der Waals surface area contributed by atoms with Crippen LogP contribution in [-0.2, 0) is 6.42 Å². The van der Waals surface area contributed by atoms with Gasteiger partial charge in [0, 0.05) is 24.8 Å². The quantitative estimate of drug-likeness (QED) is 0.387. The number of hydrogen-bond acceptors (Lipinski definition) is 3. The van der Waals surface area contributed by atoms with Crippen molar-refractivity contribution in [3.63, 3.8) is 0 Å². The molecule has 2 aromatic heterocycles. The molecular formula is C20H26N6. The third-order valence-corrected chi connectivity index (χ3v) is 4.59. The number of anilines is 1. The summed E-state index contributed by atoms with van der Waals surface area (Å²) in [6.07, 6.45) is 4.79. The normalized spacial score (nSPS) is 13.1. The fourth-order valence-corrected chi connectivity index (χ4v) is 2.82. The number of benzene rings is 1. The van der Waals surface area contributed by atoms with E-state index in [-0.39, 0.29) is 0 Å². The van der Waals surface area contributed by atoms with Crippen LogP contribution in [0, 0.1) is 0 Å². The van der Waals surface area contributed by atoms with Gasteiger partial charge in [-0.05, 0) is 48.6 Å². The molecule has 0 fully saturated rings. The van der Waals surface area contributed by atoms with Gasteiger partial charge in [-0.2, -0.15) is 0 Å². The molecular weight excluding hydrogens is 324 g/mol. The van der Waals surface area contributed by atoms with Crippen LogP contribution in [0.25, 0.3) is 5.65 Å². The number of nitrogens with one attached hydrogen (secondary N) is 1. The van der Waals surface area contributed by atoms with Gasteiger partial charge in [0.1, 0.15) is 5.82 Å². The number of aliphatic imine (C=N–C) groups is 1. The summed E-state index contributed by atoms with van der Waals surface area (Å²) >= 11 is 0. The van der Waals surface area contributed by atoms with E-state index in [2.05, 4.69) is 46.5 Å². The third-order valence-electron chi connectivity index (χ3n) is 4.59. The highest BCUT2D eigenvalue weighted by molar-refractivity contribution is 5.92. The molecule has 0 bridgehead atoms. The van der Waals surface area contributed by atoms with Gasteiger partial charge in [0.25, 0.3) is 0 Å². The van der Waals surface area contributed by atoms with E-state index in [4.69, 9.17) is 5.73 Å². The van der Waals surface area contributed by atoms with Crippen molar-refractivity contribution >= 4 is 17.3 Å². The Morgan fingerprint density at radius 1 is 1.19 bits per heavy atom. The first kappa shape index (κ1) is 17.9. The fourth-order valence-electron chi connectivity index (χ4n) is 2.82. The first-order valence-corrected chi connectivity index (χ1v) is 9.13. The zero-order valence-electron chi connectivity index (χ0n) is 15.4. The second-order valence-electron chi connectivity index (χ2n) is 6.47. The van der Waals surface area contributed by atoms with Gasteiger partial charge in [-0.15, -0.1) is 10.2 Å². The summed E-state index contributed by atoms with van der Waals surface area (Å²) in [5, 5.41) is 11.5. The second-order valence-corrected chi connectivity index (χ2v) is 6.47. The lowest BCUT2D eigenvalue weighted by Crippen LogP contribution is -2.22. The number of nitrogens with zero attached hydrogens (tertiary/aromatic N) is 4. The molecule has 1 aromatic carbocycles. The molecule has 0 aliphatic heterocycles. The largest absolute Gasteiger partial charge is 0.370 e. The van der Waals surface area contributed by atoms with Gasteiger partial charge in [-0.1, -0.05) is 32.0 Å². The number of nitrogens with two attached hydrogens (primary N) is 1. The summed E-state index contributed by atoms with van der Waals surface area (Å²) in [6, 6.07) is 14.3. The Labute approximate surface area is 154 Å². The standard InChI is InChI=1S/C20H26N6/c1-3-15(2)16-9-11-17(12-10-16)23-20(21)22-13-6-8-19-25-24-18-7-4-5-14-26(18)19/h4-5,7,9-12,14-15H,3,6,8,13H2,1-2H3,(H3,21,22,23). The molecule has 1 atom stereocenters. The van der Waals surface area contributed by atoms with Crippen LogP contribution >= 0.6 is 0 Å². The molecule has 3 rings (SSSR count). The summed E-state index contributed by atoms with van der Waals surface area (Å²) in [5.41, 5.74) is 9.16. The van der Waals surface area contributed by atoms with Crippen molar-refractivity contribution in [1.82, 2.24) is 14.6 Å². The van der Waals surface area contributed by atoms with E-state index in [9.17, 15) is 0 Å². The highest BCUT2D eigenvalue weighted by atomic mass is 15.2. The average Bonchev–Trinajstić information content (AvgIpc) is 3.08. The number of fused-ring (bicyclic) bond motifs is 1. The van der Waals surface area contributed by atoms with E-state index >= 15 is 0 Å². The molecule has 1 unspecified atom stereocenters. The van der Waals surface area contributed by atoms with Crippen LogP contribution in [0.5, 0.6) is 0 Å². The van der Waals surface area contributed by atoms with E-state index in [1.165, 1.54) is 5.56 Å². The fraction of sp³-hybridized carbons (Fsp3) is 0.350. The first-order chi connectivity index (χ1) is 12.7. The molecule has 2 heterocycles. The maximum absolute atomic E-state index is 5.99. The van der Waals surface area contributed by atoms with Crippen LogP contribution in [0.3, 0.4) is 0 Å². The predicted octanol–water partition coefficient (Wildman–Crippen LogP) is 3.60. The van der Waals surface area contributed by atoms with Crippen molar-refractivity contribution in [2.75, 3.05) is 11.9 Å². The molecule has 3 aromatic rings. The molecule has 0 saturated carbocycles. The van der Waals surface area contributed by atoms with Crippen molar-refractivity contribution in [1.29, 1.82) is 0 Å².